The van der Waals surface area contributed by atoms with Gasteiger partial charge in [0, 0.05) is 12.1 Å². The van der Waals surface area contributed by atoms with Gasteiger partial charge >= 0.3 is 12.3 Å². The Kier molecular flexibility index (Phi) is 5.69. The maximum Gasteiger partial charge on any atom is 0.417 e. The first kappa shape index (κ1) is 22.5. The summed E-state index contributed by atoms with van der Waals surface area (Å²) in [6, 6.07) is 17.0. The Morgan fingerprint density at radius 3 is 2.24 bits per heavy atom. The molecule has 33 heavy (non-hydrogen) atoms. The van der Waals surface area contributed by atoms with E-state index >= 15 is 0 Å². The highest BCUT2D eigenvalue weighted by atomic mass is 19.4. The lowest BCUT2D eigenvalue weighted by Crippen LogP contribution is -2.39. The molecule has 1 fully saturated rings. The summed E-state index contributed by atoms with van der Waals surface area (Å²) in [6.45, 7) is 3.24. The fourth-order valence-corrected chi connectivity index (χ4v) is 3.87. The normalized spacial score (nSPS) is 14.5. The fourth-order valence-electron chi connectivity index (χ4n) is 3.87. The molecule has 3 aromatic rings. The van der Waals surface area contributed by atoms with E-state index in [2.05, 4.69) is 11.6 Å². The number of halogens is 4. The van der Waals surface area contributed by atoms with Crippen LogP contribution in [0.4, 0.5) is 22.4 Å². The number of carboxylic acid groups (broad SMARTS) is 1. The minimum absolute atomic E-state index is 0.0833. The summed E-state index contributed by atoms with van der Waals surface area (Å²) >= 11 is 0. The molecular formula is C25H20F4N2O2. The Bertz CT molecular complexity index is 1190. The van der Waals surface area contributed by atoms with E-state index in [0.717, 1.165) is 5.56 Å². The predicted molar refractivity (Wildman–Crippen MR) is 116 cm³/mol. The number of allylic oxidation sites excluding steroid dienone is 1. The first-order chi connectivity index (χ1) is 15.6. The van der Waals surface area contributed by atoms with Gasteiger partial charge in [-0.25, -0.2) is 14.2 Å². The molecule has 1 aromatic heterocycles. The van der Waals surface area contributed by atoms with Gasteiger partial charge in [-0.15, -0.1) is 0 Å². The van der Waals surface area contributed by atoms with Gasteiger partial charge in [0.15, 0.2) is 0 Å². The Balaban J connectivity index is 1.82. The van der Waals surface area contributed by atoms with Crippen molar-refractivity contribution in [1.82, 2.24) is 9.88 Å². The van der Waals surface area contributed by atoms with E-state index in [-0.39, 0.29) is 12.2 Å². The quantitative estimate of drug-likeness (QED) is 0.424. The minimum atomic E-state index is -4.71. The average molecular weight is 456 g/mol. The average Bonchev–Trinajstić information content (AvgIpc) is 3.59. The number of aromatic nitrogens is 1. The second kappa shape index (κ2) is 8.35. The van der Waals surface area contributed by atoms with Crippen molar-refractivity contribution in [2.75, 3.05) is 0 Å². The van der Waals surface area contributed by atoms with Crippen molar-refractivity contribution in [2.24, 2.45) is 0 Å². The monoisotopic (exact) mass is 456 g/mol. The van der Waals surface area contributed by atoms with Crippen LogP contribution in [0.3, 0.4) is 0 Å². The highest BCUT2D eigenvalue weighted by Gasteiger charge is 2.52. The molecule has 4 nitrogen and oxygen atoms in total. The molecular weight excluding hydrogens is 436 g/mol. The van der Waals surface area contributed by atoms with E-state index in [9.17, 15) is 27.5 Å². The Morgan fingerprint density at radius 2 is 1.70 bits per heavy atom. The number of pyridine rings is 1. The number of hydrogen-bond acceptors (Lipinski definition) is 2. The van der Waals surface area contributed by atoms with Crippen molar-refractivity contribution in [3.63, 3.8) is 0 Å². The van der Waals surface area contributed by atoms with E-state index in [1.807, 2.05) is 6.07 Å². The van der Waals surface area contributed by atoms with Crippen molar-refractivity contribution in [3.05, 3.63) is 95.9 Å². The molecule has 0 saturated heterocycles. The molecule has 0 bridgehead atoms. The zero-order valence-corrected chi connectivity index (χ0v) is 17.4. The number of hydrogen-bond donors (Lipinski definition) is 1. The molecule has 170 valence electrons. The molecule has 1 N–H and O–H groups in total. The van der Waals surface area contributed by atoms with Gasteiger partial charge in [-0.2, -0.15) is 13.2 Å². The minimum Gasteiger partial charge on any atom is -0.465 e. The van der Waals surface area contributed by atoms with Crippen LogP contribution in [0.1, 0.15) is 29.7 Å². The molecule has 0 spiro atoms. The maximum absolute atomic E-state index is 13.4. The van der Waals surface area contributed by atoms with Crippen LogP contribution in [0.25, 0.3) is 16.8 Å². The van der Waals surface area contributed by atoms with Gasteiger partial charge in [-0.1, -0.05) is 36.9 Å². The number of benzene rings is 2. The van der Waals surface area contributed by atoms with Gasteiger partial charge < -0.3 is 5.11 Å². The van der Waals surface area contributed by atoms with E-state index < -0.39 is 34.9 Å². The first-order valence-electron chi connectivity index (χ1n) is 10.2. The standard InChI is InChI=1S/C25H20F4N2O2/c1-16(25(27,28)29)21-13-19(14-22(30-21)18-7-9-20(26)10-8-18)24(11-12-24)31(23(32)33)15-17-5-3-2-4-6-17/h2-10,13-14H,1,11-12,15H2,(H,32,33). The summed E-state index contributed by atoms with van der Waals surface area (Å²) in [7, 11) is 0. The number of amides is 1. The Labute approximate surface area is 187 Å². The predicted octanol–water partition coefficient (Wildman–Crippen LogP) is 6.63. The molecule has 0 atom stereocenters. The van der Waals surface area contributed by atoms with Crippen molar-refractivity contribution >= 4 is 11.7 Å². The van der Waals surface area contributed by atoms with Crippen molar-refractivity contribution < 1.29 is 27.5 Å². The second-order valence-electron chi connectivity index (χ2n) is 8.00. The number of carbonyl (C=O) groups is 1. The molecule has 1 aliphatic carbocycles. The summed E-state index contributed by atoms with van der Waals surface area (Å²) in [4.78, 5) is 17.6. The summed E-state index contributed by atoms with van der Waals surface area (Å²) < 4.78 is 53.7. The lowest BCUT2D eigenvalue weighted by atomic mass is 9.97. The molecule has 0 radical (unpaired) electrons. The van der Waals surface area contributed by atoms with Gasteiger partial charge in [0.2, 0.25) is 0 Å². The summed E-state index contributed by atoms with van der Waals surface area (Å²) in [5.74, 6) is -0.492. The third-order valence-electron chi connectivity index (χ3n) is 5.81. The van der Waals surface area contributed by atoms with Crippen LogP contribution in [-0.2, 0) is 12.1 Å². The zero-order chi connectivity index (χ0) is 23.8. The second-order valence-corrected chi connectivity index (χ2v) is 8.00. The SMILES string of the molecule is C=C(c1cc(C2(N(Cc3ccccc3)C(=O)O)CC2)cc(-c2ccc(F)cc2)n1)C(F)(F)F. The molecule has 8 heteroatoms. The molecule has 0 aliphatic heterocycles. The Hall–Kier alpha value is -3.68. The van der Waals surface area contributed by atoms with Crippen molar-refractivity contribution in [2.45, 2.75) is 31.1 Å². The third-order valence-corrected chi connectivity index (χ3v) is 5.81. The van der Waals surface area contributed by atoms with Crippen LogP contribution in [0.5, 0.6) is 0 Å². The first-order valence-corrected chi connectivity index (χ1v) is 10.2. The number of rotatable bonds is 6. The lowest BCUT2D eigenvalue weighted by molar-refractivity contribution is -0.0689. The smallest absolute Gasteiger partial charge is 0.417 e. The largest absolute Gasteiger partial charge is 0.465 e. The van der Waals surface area contributed by atoms with Gasteiger partial charge in [-0.3, -0.25) is 4.90 Å². The van der Waals surface area contributed by atoms with E-state index in [1.165, 1.54) is 35.2 Å². The maximum atomic E-state index is 13.4. The van der Waals surface area contributed by atoms with Crippen molar-refractivity contribution in [3.8, 4) is 11.3 Å². The van der Waals surface area contributed by atoms with Crippen LogP contribution in [0.15, 0.2) is 73.3 Å². The number of nitrogens with zero attached hydrogens (tertiary/aromatic N) is 2. The van der Waals surface area contributed by atoms with Crippen LogP contribution in [0, 0.1) is 5.82 Å². The zero-order valence-electron chi connectivity index (χ0n) is 17.4. The Morgan fingerprint density at radius 1 is 1.06 bits per heavy atom. The highest BCUT2D eigenvalue weighted by Crippen LogP contribution is 2.52. The molecule has 1 saturated carbocycles. The molecule has 4 rings (SSSR count). The van der Waals surface area contributed by atoms with Crippen LogP contribution < -0.4 is 0 Å². The third kappa shape index (κ3) is 4.60. The van der Waals surface area contributed by atoms with E-state index in [4.69, 9.17) is 0 Å². The van der Waals surface area contributed by atoms with Crippen LogP contribution >= 0.6 is 0 Å². The van der Waals surface area contributed by atoms with E-state index in [1.54, 1.807) is 30.3 Å². The van der Waals surface area contributed by atoms with Gasteiger partial charge in [0.25, 0.3) is 0 Å². The van der Waals surface area contributed by atoms with Gasteiger partial charge in [0.05, 0.1) is 22.5 Å². The van der Waals surface area contributed by atoms with Gasteiger partial charge in [0.1, 0.15) is 5.82 Å². The topological polar surface area (TPSA) is 53.4 Å². The molecule has 1 heterocycles. The van der Waals surface area contributed by atoms with E-state index in [0.29, 0.717) is 24.0 Å². The molecule has 2 aromatic carbocycles. The summed E-state index contributed by atoms with van der Waals surface area (Å²) in [5, 5.41) is 9.97. The van der Waals surface area contributed by atoms with Gasteiger partial charge in [-0.05, 0) is 60.4 Å². The lowest BCUT2D eigenvalue weighted by Gasteiger charge is -2.31. The van der Waals surface area contributed by atoms with Crippen LogP contribution in [0.2, 0.25) is 0 Å². The highest BCUT2D eigenvalue weighted by molar-refractivity contribution is 5.72. The molecule has 1 amide bonds. The molecule has 1 aliphatic rings. The fraction of sp³-hybridized carbons (Fsp3) is 0.200. The molecule has 0 unspecified atom stereocenters. The summed E-state index contributed by atoms with van der Waals surface area (Å²) in [5.41, 5.74) is -0.752. The van der Waals surface area contributed by atoms with Crippen molar-refractivity contribution in [1.29, 1.82) is 0 Å². The number of alkyl halides is 3. The van der Waals surface area contributed by atoms with Crippen LogP contribution in [-0.4, -0.2) is 27.3 Å². The summed E-state index contributed by atoms with van der Waals surface area (Å²) in [6.07, 6.45) is -4.97.